The number of aromatic nitrogens is 1. The molecule has 0 aliphatic rings. The van der Waals surface area contributed by atoms with Crippen LogP contribution in [0.2, 0.25) is 0 Å². The zero-order valence-corrected chi connectivity index (χ0v) is 14.6. The van der Waals surface area contributed by atoms with E-state index in [4.69, 9.17) is 18.6 Å². The quantitative estimate of drug-likeness (QED) is 0.707. The van der Waals surface area contributed by atoms with Gasteiger partial charge in [-0.15, -0.1) is 0 Å². The molecule has 0 aliphatic carbocycles. The van der Waals surface area contributed by atoms with Crippen molar-refractivity contribution in [1.82, 2.24) is 4.98 Å². The fourth-order valence-corrected chi connectivity index (χ4v) is 2.50. The van der Waals surface area contributed by atoms with Crippen LogP contribution in [0.15, 0.2) is 28.9 Å². The lowest BCUT2D eigenvalue weighted by atomic mass is 10.0. The summed E-state index contributed by atoms with van der Waals surface area (Å²) in [5.74, 6) is 1.51. The summed E-state index contributed by atoms with van der Waals surface area (Å²) in [4.78, 5) is 4.46. The minimum absolute atomic E-state index is 0.0918. The molecule has 0 spiro atoms. The zero-order valence-electron chi connectivity index (χ0n) is 14.6. The summed E-state index contributed by atoms with van der Waals surface area (Å²) >= 11 is 0. The van der Waals surface area contributed by atoms with E-state index in [-0.39, 0.29) is 6.61 Å². The van der Waals surface area contributed by atoms with Crippen LogP contribution in [0.25, 0.3) is 22.0 Å². The molecule has 3 aromatic rings. The van der Waals surface area contributed by atoms with E-state index in [2.05, 4.69) is 4.98 Å². The summed E-state index contributed by atoms with van der Waals surface area (Å²) in [6.45, 7) is 2.93. The van der Waals surface area contributed by atoms with Gasteiger partial charge in [-0.1, -0.05) is 0 Å². The summed E-state index contributed by atoms with van der Waals surface area (Å²) in [7, 11) is 3.11. The largest absolute Gasteiger partial charge is 0.495 e. The van der Waals surface area contributed by atoms with Crippen molar-refractivity contribution in [3.8, 4) is 17.2 Å². The van der Waals surface area contributed by atoms with Crippen molar-refractivity contribution in [3.05, 3.63) is 24.5 Å². The number of aliphatic hydroxyl groups is 2. The van der Waals surface area contributed by atoms with Crippen LogP contribution in [0.3, 0.4) is 0 Å². The van der Waals surface area contributed by atoms with E-state index < -0.39 is 11.7 Å². The van der Waals surface area contributed by atoms with Crippen LogP contribution < -0.4 is 14.2 Å². The van der Waals surface area contributed by atoms with E-state index in [0.29, 0.717) is 28.5 Å². The Balaban J connectivity index is 2.06. The second-order valence-electron chi connectivity index (χ2n) is 6.29. The van der Waals surface area contributed by atoms with Crippen LogP contribution in [-0.2, 0) is 0 Å². The molecule has 25 heavy (non-hydrogen) atoms. The van der Waals surface area contributed by atoms with Crippen molar-refractivity contribution in [1.29, 1.82) is 0 Å². The lowest BCUT2D eigenvalue weighted by molar-refractivity contribution is -0.0663. The van der Waals surface area contributed by atoms with E-state index in [1.54, 1.807) is 31.6 Å². The van der Waals surface area contributed by atoms with Gasteiger partial charge in [-0.25, -0.2) is 4.98 Å². The number of furan rings is 1. The number of aliphatic hydroxyl groups excluding tert-OH is 1. The molecule has 0 radical (unpaired) electrons. The first-order valence-electron chi connectivity index (χ1n) is 7.81. The molecule has 0 aliphatic heterocycles. The summed E-state index contributed by atoms with van der Waals surface area (Å²) in [6.07, 6.45) is 0.496. The number of methoxy groups -OCH3 is 2. The van der Waals surface area contributed by atoms with Crippen LogP contribution >= 0.6 is 0 Å². The van der Waals surface area contributed by atoms with Crippen LogP contribution in [0.5, 0.6) is 17.2 Å². The molecular weight excluding hydrogens is 326 g/mol. The molecule has 7 heteroatoms. The van der Waals surface area contributed by atoms with Gasteiger partial charge in [0.2, 0.25) is 5.71 Å². The summed E-state index contributed by atoms with van der Waals surface area (Å²) in [5.41, 5.74) is -0.212. The fraction of sp³-hybridized carbons (Fsp3) is 0.389. The van der Waals surface area contributed by atoms with Gasteiger partial charge in [0, 0.05) is 11.5 Å². The molecule has 2 aromatic heterocycles. The van der Waals surface area contributed by atoms with E-state index in [0.717, 1.165) is 10.8 Å². The Bertz CT molecular complexity index is 896. The molecule has 1 unspecified atom stereocenters. The third-order valence-corrected chi connectivity index (χ3v) is 4.05. The normalized spacial score (nSPS) is 13.2. The molecular formula is C18H21NO6. The van der Waals surface area contributed by atoms with Gasteiger partial charge in [0.05, 0.1) is 37.0 Å². The highest BCUT2D eigenvalue weighted by Crippen LogP contribution is 2.39. The van der Waals surface area contributed by atoms with Gasteiger partial charge in [0.1, 0.15) is 18.5 Å². The third-order valence-electron chi connectivity index (χ3n) is 4.05. The number of rotatable bonds is 6. The van der Waals surface area contributed by atoms with Gasteiger partial charge in [0.15, 0.2) is 11.5 Å². The van der Waals surface area contributed by atoms with E-state index in [1.807, 2.05) is 0 Å². The smallest absolute Gasteiger partial charge is 0.230 e. The Kier molecular flexibility index (Phi) is 4.45. The maximum absolute atomic E-state index is 9.95. The lowest BCUT2D eigenvalue weighted by Gasteiger charge is -2.24. The number of ether oxygens (including phenoxy) is 3. The lowest BCUT2D eigenvalue weighted by Crippen LogP contribution is -2.40. The Labute approximate surface area is 144 Å². The van der Waals surface area contributed by atoms with Gasteiger partial charge in [-0.05, 0) is 26.0 Å². The maximum Gasteiger partial charge on any atom is 0.230 e. The molecule has 0 saturated heterocycles. The second-order valence-corrected chi connectivity index (χ2v) is 6.29. The molecule has 2 heterocycles. The SMILES string of the molecule is COc1cc2c(OC)c3ccoc3nc2cc1OCC(O)C(C)(C)O. The summed E-state index contributed by atoms with van der Waals surface area (Å²) in [5, 5.41) is 21.3. The van der Waals surface area contributed by atoms with E-state index in [9.17, 15) is 10.2 Å². The number of pyridine rings is 1. The third kappa shape index (κ3) is 3.20. The highest BCUT2D eigenvalue weighted by Gasteiger charge is 2.25. The van der Waals surface area contributed by atoms with Crippen LogP contribution in [0, 0.1) is 0 Å². The zero-order chi connectivity index (χ0) is 18.2. The number of hydrogen-bond acceptors (Lipinski definition) is 7. The van der Waals surface area contributed by atoms with Crippen molar-refractivity contribution in [3.63, 3.8) is 0 Å². The molecule has 0 bridgehead atoms. The van der Waals surface area contributed by atoms with Crippen molar-refractivity contribution in [2.75, 3.05) is 20.8 Å². The van der Waals surface area contributed by atoms with Gasteiger partial charge in [0.25, 0.3) is 0 Å². The topological polar surface area (TPSA) is 94.2 Å². The molecule has 2 N–H and O–H groups in total. The van der Waals surface area contributed by atoms with E-state index in [1.165, 1.54) is 21.0 Å². The predicted molar refractivity (Wildman–Crippen MR) is 92.4 cm³/mol. The van der Waals surface area contributed by atoms with Crippen molar-refractivity contribution in [2.45, 2.75) is 25.6 Å². The summed E-state index contributed by atoms with van der Waals surface area (Å²) in [6, 6.07) is 5.24. The molecule has 1 aromatic carbocycles. The number of hydrogen-bond donors (Lipinski definition) is 2. The highest BCUT2D eigenvalue weighted by atomic mass is 16.5. The first-order chi connectivity index (χ1) is 11.8. The summed E-state index contributed by atoms with van der Waals surface area (Å²) < 4.78 is 21.9. The average Bonchev–Trinajstić information content (AvgIpc) is 3.03. The van der Waals surface area contributed by atoms with Gasteiger partial charge in [-0.2, -0.15) is 0 Å². The Morgan fingerprint density at radius 2 is 1.92 bits per heavy atom. The first kappa shape index (κ1) is 17.3. The minimum atomic E-state index is -1.27. The molecule has 1 atom stereocenters. The fourth-order valence-electron chi connectivity index (χ4n) is 2.50. The van der Waals surface area contributed by atoms with Gasteiger partial charge < -0.3 is 28.8 Å². The molecule has 0 saturated carbocycles. The van der Waals surface area contributed by atoms with Crippen molar-refractivity contribution >= 4 is 22.0 Å². The van der Waals surface area contributed by atoms with Crippen LogP contribution in [0.1, 0.15) is 13.8 Å². The standard InChI is InChI=1S/C18H21NO6/c1-18(2,21)15(20)9-25-14-8-12-11(7-13(14)22-3)16(23-4)10-5-6-24-17(10)19-12/h5-8,15,20-21H,9H2,1-4H3. The van der Waals surface area contributed by atoms with Gasteiger partial charge >= 0.3 is 0 Å². The molecule has 134 valence electrons. The number of nitrogens with zero attached hydrogens (tertiary/aromatic N) is 1. The van der Waals surface area contributed by atoms with Crippen molar-refractivity contribution < 1.29 is 28.8 Å². The number of fused-ring (bicyclic) bond motifs is 2. The predicted octanol–water partition coefficient (Wildman–Crippen LogP) is 2.51. The average molecular weight is 347 g/mol. The molecule has 0 fully saturated rings. The number of benzene rings is 1. The van der Waals surface area contributed by atoms with E-state index >= 15 is 0 Å². The monoisotopic (exact) mass is 347 g/mol. The maximum atomic E-state index is 9.95. The Hall–Kier alpha value is -2.51. The highest BCUT2D eigenvalue weighted by molar-refractivity contribution is 6.00. The molecule has 3 rings (SSSR count). The van der Waals surface area contributed by atoms with Crippen molar-refractivity contribution in [2.24, 2.45) is 0 Å². The Morgan fingerprint density at radius 3 is 2.56 bits per heavy atom. The Morgan fingerprint density at radius 1 is 1.16 bits per heavy atom. The molecule has 0 amide bonds. The van der Waals surface area contributed by atoms with Gasteiger partial charge in [-0.3, -0.25) is 0 Å². The molecule has 7 nitrogen and oxygen atoms in total. The van der Waals surface area contributed by atoms with Crippen LogP contribution in [-0.4, -0.2) is 47.7 Å². The first-order valence-corrected chi connectivity index (χ1v) is 7.81. The minimum Gasteiger partial charge on any atom is -0.495 e. The second kappa shape index (κ2) is 6.42. The van der Waals surface area contributed by atoms with Crippen LogP contribution in [0.4, 0.5) is 0 Å².